The van der Waals surface area contributed by atoms with Crippen molar-refractivity contribution in [2.45, 2.75) is 0 Å². The summed E-state index contributed by atoms with van der Waals surface area (Å²) in [6.07, 6.45) is 0. The lowest BCUT2D eigenvalue weighted by Crippen LogP contribution is -2.17. The van der Waals surface area contributed by atoms with Gasteiger partial charge in [0.1, 0.15) is 17.3 Å². The van der Waals surface area contributed by atoms with Crippen molar-refractivity contribution in [2.24, 2.45) is 0 Å². The Morgan fingerprint density at radius 1 is 0.759 bits per heavy atom. The molecule has 3 aromatic rings. The van der Waals surface area contributed by atoms with Crippen LogP contribution in [-0.4, -0.2) is 25.9 Å². The van der Waals surface area contributed by atoms with E-state index in [0.29, 0.717) is 5.69 Å². The van der Waals surface area contributed by atoms with Crippen LogP contribution >= 0.6 is 0 Å². The Hall–Kier alpha value is -3.74. The van der Waals surface area contributed by atoms with E-state index in [1.165, 1.54) is 24.3 Å². The summed E-state index contributed by atoms with van der Waals surface area (Å²) in [5, 5.41) is 4.95. The lowest BCUT2D eigenvalue weighted by molar-refractivity contribution is 0.102. The van der Waals surface area contributed by atoms with E-state index in [4.69, 9.17) is 0 Å². The quantitative estimate of drug-likeness (QED) is 0.667. The molecule has 0 unspecified atom stereocenters. The SMILES string of the molecule is CN(C)c1ccc(NC(=O)c2cccc(C(=O)Nc3c(F)cccc3F)c2)cc1. The molecule has 148 valence electrons. The summed E-state index contributed by atoms with van der Waals surface area (Å²) in [5.74, 6) is -2.89. The average Bonchev–Trinajstić information content (AvgIpc) is 2.71. The normalized spacial score (nSPS) is 10.3. The van der Waals surface area contributed by atoms with E-state index in [2.05, 4.69) is 10.6 Å². The van der Waals surface area contributed by atoms with Crippen LogP contribution in [0.15, 0.2) is 66.7 Å². The zero-order valence-corrected chi connectivity index (χ0v) is 15.9. The number of nitrogens with zero attached hydrogens (tertiary/aromatic N) is 1. The van der Waals surface area contributed by atoms with Gasteiger partial charge in [0.25, 0.3) is 11.8 Å². The van der Waals surface area contributed by atoms with Crippen molar-refractivity contribution in [1.29, 1.82) is 0 Å². The second kappa shape index (κ2) is 8.52. The second-order valence-corrected chi connectivity index (χ2v) is 6.53. The lowest BCUT2D eigenvalue weighted by Gasteiger charge is -2.13. The first-order valence-electron chi connectivity index (χ1n) is 8.79. The fourth-order valence-electron chi connectivity index (χ4n) is 2.65. The smallest absolute Gasteiger partial charge is 0.255 e. The number of benzene rings is 3. The van der Waals surface area contributed by atoms with Crippen molar-refractivity contribution in [3.63, 3.8) is 0 Å². The topological polar surface area (TPSA) is 61.4 Å². The molecule has 0 aliphatic rings. The first-order valence-corrected chi connectivity index (χ1v) is 8.79. The van der Waals surface area contributed by atoms with Crippen molar-refractivity contribution in [2.75, 3.05) is 29.6 Å². The highest BCUT2D eigenvalue weighted by Gasteiger charge is 2.15. The summed E-state index contributed by atoms with van der Waals surface area (Å²) in [5.41, 5.74) is 1.39. The Balaban J connectivity index is 1.74. The number of halogens is 2. The number of hydrogen-bond donors (Lipinski definition) is 2. The molecule has 29 heavy (non-hydrogen) atoms. The zero-order valence-electron chi connectivity index (χ0n) is 15.9. The standard InChI is InChI=1S/C22H19F2N3O2/c1-27(2)17-11-9-16(10-12-17)25-21(28)14-5-3-6-15(13-14)22(29)26-20-18(23)7-4-8-19(20)24/h3-13H,1-2H3,(H,25,28)(H,26,29). The molecule has 0 spiro atoms. The number of carbonyl (C=O) groups is 2. The minimum Gasteiger partial charge on any atom is -0.378 e. The molecule has 3 aromatic carbocycles. The van der Waals surface area contributed by atoms with Gasteiger partial charge in [-0.05, 0) is 54.6 Å². The third-order valence-electron chi connectivity index (χ3n) is 4.23. The molecule has 0 aromatic heterocycles. The second-order valence-electron chi connectivity index (χ2n) is 6.53. The van der Waals surface area contributed by atoms with Gasteiger partial charge in [0.2, 0.25) is 0 Å². The van der Waals surface area contributed by atoms with Crippen LogP contribution in [0, 0.1) is 11.6 Å². The molecule has 0 saturated carbocycles. The molecule has 3 rings (SSSR count). The molecule has 0 fully saturated rings. The highest BCUT2D eigenvalue weighted by Crippen LogP contribution is 2.20. The van der Waals surface area contributed by atoms with Gasteiger partial charge in [-0.15, -0.1) is 0 Å². The van der Waals surface area contributed by atoms with Crippen molar-refractivity contribution < 1.29 is 18.4 Å². The van der Waals surface area contributed by atoms with E-state index in [1.807, 2.05) is 31.1 Å². The van der Waals surface area contributed by atoms with Crippen LogP contribution in [0.25, 0.3) is 0 Å². The summed E-state index contributed by atoms with van der Waals surface area (Å²) in [6, 6.07) is 16.4. The molecule has 0 saturated heterocycles. The van der Waals surface area contributed by atoms with Crippen LogP contribution < -0.4 is 15.5 Å². The first-order chi connectivity index (χ1) is 13.8. The first kappa shape index (κ1) is 20.0. The predicted octanol–water partition coefficient (Wildman–Crippen LogP) is 4.54. The van der Waals surface area contributed by atoms with E-state index in [-0.39, 0.29) is 11.1 Å². The van der Waals surface area contributed by atoms with Crippen LogP contribution in [0.1, 0.15) is 20.7 Å². The molecule has 0 bridgehead atoms. The number of carbonyl (C=O) groups excluding carboxylic acids is 2. The molecule has 0 heterocycles. The summed E-state index contributed by atoms with van der Waals surface area (Å²) < 4.78 is 27.5. The Morgan fingerprint density at radius 2 is 1.28 bits per heavy atom. The minimum absolute atomic E-state index is 0.100. The monoisotopic (exact) mass is 395 g/mol. The zero-order chi connectivity index (χ0) is 21.0. The summed E-state index contributed by atoms with van der Waals surface area (Å²) in [4.78, 5) is 26.8. The molecule has 0 radical (unpaired) electrons. The number of hydrogen-bond acceptors (Lipinski definition) is 3. The third kappa shape index (κ3) is 4.76. The largest absolute Gasteiger partial charge is 0.378 e. The van der Waals surface area contributed by atoms with Gasteiger partial charge in [-0.3, -0.25) is 9.59 Å². The van der Waals surface area contributed by atoms with Crippen molar-refractivity contribution in [3.8, 4) is 0 Å². The average molecular weight is 395 g/mol. The number of amides is 2. The molecule has 2 N–H and O–H groups in total. The fraction of sp³-hybridized carbons (Fsp3) is 0.0909. The van der Waals surface area contributed by atoms with Gasteiger partial charge in [-0.1, -0.05) is 12.1 Å². The van der Waals surface area contributed by atoms with E-state index < -0.39 is 29.1 Å². The Bertz CT molecular complexity index is 1030. The van der Waals surface area contributed by atoms with Crippen molar-refractivity contribution >= 4 is 28.9 Å². The van der Waals surface area contributed by atoms with Crippen molar-refractivity contribution in [3.05, 3.63) is 89.5 Å². The van der Waals surface area contributed by atoms with Crippen molar-refractivity contribution in [1.82, 2.24) is 0 Å². The Kier molecular flexibility index (Phi) is 5.87. The Morgan fingerprint density at radius 3 is 1.83 bits per heavy atom. The maximum Gasteiger partial charge on any atom is 0.255 e. The lowest BCUT2D eigenvalue weighted by atomic mass is 10.1. The van der Waals surface area contributed by atoms with Crippen LogP contribution in [0.5, 0.6) is 0 Å². The number of para-hydroxylation sites is 1. The maximum atomic E-state index is 13.7. The number of rotatable bonds is 5. The van der Waals surface area contributed by atoms with E-state index >= 15 is 0 Å². The van der Waals surface area contributed by atoms with Gasteiger partial charge in [0, 0.05) is 36.6 Å². The van der Waals surface area contributed by atoms with Gasteiger partial charge in [-0.25, -0.2) is 8.78 Å². The fourth-order valence-corrected chi connectivity index (χ4v) is 2.65. The van der Waals surface area contributed by atoms with E-state index in [9.17, 15) is 18.4 Å². The highest BCUT2D eigenvalue weighted by atomic mass is 19.1. The van der Waals surface area contributed by atoms with Gasteiger partial charge in [0.15, 0.2) is 0 Å². The van der Waals surface area contributed by atoms with Gasteiger partial charge >= 0.3 is 0 Å². The van der Waals surface area contributed by atoms with E-state index in [1.54, 1.807) is 18.2 Å². The van der Waals surface area contributed by atoms with Crippen LogP contribution in [-0.2, 0) is 0 Å². The Labute approximate surface area is 167 Å². The molecule has 2 amide bonds. The van der Waals surface area contributed by atoms with E-state index in [0.717, 1.165) is 17.8 Å². The van der Waals surface area contributed by atoms with Gasteiger partial charge < -0.3 is 15.5 Å². The van der Waals surface area contributed by atoms with Crippen LogP contribution in [0.4, 0.5) is 25.8 Å². The molecule has 0 aliphatic heterocycles. The molecule has 7 heteroatoms. The summed E-state index contributed by atoms with van der Waals surface area (Å²) >= 11 is 0. The highest BCUT2D eigenvalue weighted by molar-refractivity contribution is 6.08. The molecular weight excluding hydrogens is 376 g/mol. The molecular formula is C22H19F2N3O2. The molecule has 0 atom stereocenters. The van der Waals surface area contributed by atoms with Crippen LogP contribution in [0.3, 0.4) is 0 Å². The molecule has 0 aliphatic carbocycles. The van der Waals surface area contributed by atoms with Gasteiger partial charge in [-0.2, -0.15) is 0 Å². The number of nitrogens with one attached hydrogen (secondary N) is 2. The third-order valence-corrected chi connectivity index (χ3v) is 4.23. The molecule has 5 nitrogen and oxygen atoms in total. The summed E-state index contributed by atoms with van der Waals surface area (Å²) in [6.45, 7) is 0. The summed E-state index contributed by atoms with van der Waals surface area (Å²) in [7, 11) is 3.83. The maximum absolute atomic E-state index is 13.7. The number of anilines is 3. The van der Waals surface area contributed by atoms with Crippen LogP contribution in [0.2, 0.25) is 0 Å². The minimum atomic E-state index is -0.881. The predicted molar refractivity (Wildman–Crippen MR) is 109 cm³/mol. The van der Waals surface area contributed by atoms with Gasteiger partial charge in [0.05, 0.1) is 0 Å².